The van der Waals surface area contributed by atoms with Gasteiger partial charge in [0, 0.05) is 36.4 Å². The van der Waals surface area contributed by atoms with Crippen LogP contribution in [0.5, 0.6) is 0 Å². The van der Waals surface area contributed by atoms with Crippen LogP contribution in [0.15, 0.2) is 59.3 Å². The van der Waals surface area contributed by atoms with Crippen molar-refractivity contribution in [3.8, 4) is 0 Å². The predicted molar refractivity (Wildman–Crippen MR) is 142 cm³/mol. The van der Waals surface area contributed by atoms with Crippen molar-refractivity contribution in [3.05, 3.63) is 70.6 Å². The summed E-state index contributed by atoms with van der Waals surface area (Å²) in [5, 5.41) is 12.6. The van der Waals surface area contributed by atoms with E-state index in [4.69, 9.17) is 10.5 Å². The van der Waals surface area contributed by atoms with Gasteiger partial charge in [0.05, 0.1) is 23.9 Å². The van der Waals surface area contributed by atoms with Crippen LogP contribution in [0.25, 0.3) is 10.9 Å². The molecule has 0 radical (unpaired) electrons. The number of nitrogen functional groups attached to an aromatic ring is 1. The van der Waals surface area contributed by atoms with Crippen molar-refractivity contribution in [1.82, 2.24) is 19.6 Å². The molecule has 0 unspecified atom stereocenters. The average Bonchev–Trinajstić information content (AvgIpc) is 3.34. The van der Waals surface area contributed by atoms with Crippen LogP contribution in [0.4, 0.5) is 11.4 Å². The molecule has 2 aromatic carbocycles. The van der Waals surface area contributed by atoms with Gasteiger partial charge >= 0.3 is 0 Å². The Morgan fingerprint density at radius 1 is 1.21 bits per heavy atom. The summed E-state index contributed by atoms with van der Waals surface area (Å²) in [6, 6.07) is 14.5. The van der Waals surface area contributed by atoms with E-state index in [1.807, 2.05) is 42.5 Å². The highest BCUT2D eigenvalue weighted by Crippen LogP contribution is 2.24. The van der Waals surface area contributed by atoms with Crippen LogP contribution in [0, 0.1) is 0 Å². The van der Waals surface area contributed by atoms with Gasteiger partial charge in [-0.05, 0) is 41.9 Å². The Balaban J connectivity index is 1.49. The summed E-state index contributed by atoms with van der Waals surface area (Å²) in [5.74, 6) is -0.299. The average molecular weight is 542 g/mol. The first kappa shape index (κ1) is 24.2. The van der Waals surface area contributed by atoms with E-state index in [1.165, 1.54) is 0 Å². The fourth-order valence-corrected chi connectivity index (χ4v) is 4.65. The first-order valence-corrected chi connectivity index (χ1v) is 15.6. The Bertz CT molecular complexity index is 1310. The first-order valence-electron chi connectivity index (χ1n) is 11.1. The molecule has 4 rings (SSSR count). The summed E-state index contributed by atoms with van der Waals surface area (Å²) < 4.78 is 10.3. The number of halogens is 1. The molecule has 0 aliphatic rings. The van der Waals surface area contributed by atoms with Gasteiger partial charge in [0.15, 0.2) is 5.69 Å². The first-order chi connectivity index (χ1) is 16.2. The number of carbonyl (C=O) groups excluding carboxylic acids is 1. The minimum absolute atomic E-state index is 0.299. The molecule has 0 atom stereocenters. The van der Waals surface area contributed by atoms with Gasteiger partial charge in [-0.2, -0.15) is 10.2 Å². The van der Waals surface area contributed by atoms with Gasteiger partial charge in [-0.25, -0.2) is 4.68 Å². The van der Waals surface area contributed by atoms with Crippen LogP contribution in [0.1, 0.15) is 16.1 Å². The Morgan fingerprint density at radius 3 is 2.79 bits per heavy atom. The number of benzene rings is 2. The number of aromatic nitrogens is 4. The van der Waals surface area contributed by atoms with Gasteiger partial charge in [0.1, 0.15) is 6.73 Å². The third-order valence-corrected chi connectivity index (χ3v) is 7.52. The number of nitrogens with one attached hydrogen (secondary N) is 1. The highest BCUT2D eigenvalue weighted by Gasteiger charge is 2.19. The van der Waals surface area contributed by atoms with Gasteiger partial charge in [0.2, 0.25) is 0 Å². The molecule has 178 valence electrons. The van der Waals surface area contributed by atoms with Crippen molar-refractivity contribution in [2.24, 2.45) is 0 Å². The Morgan fingerprint density at radius 2 is 2.03 bits per heavy atom. The lowest BCUT2D eigenvalue weighted by atomic mass is 10.2. The zero-order valence-electron chi connectivity index (χ0n) is 19.6. The van der Waals surface area contributed by atoms with Gasteiger partial charge in [-0.15, -0.1) is 0 Å². The number of fused-ring (bicyclic) bond motifs is 1. The van der Waals surface area contributed by atoms with Crippen LogP contribution in [-0.4, -0.2) is 40.1 Å². The molecule has 2 heterocycles. The zero-order valence-corrected chi connectivity index (χ0v) is 22.2. The molecule has 34 heavy (non-hydrogen) atoms. The molecule has 0 aliphatic heterocycles. The van der Waals surface area contributed by atoms with Crippen LogP contribution in [0.3, 0.4) is 0 Å². The van der Waals surface area contributed by atoms with Crippen LogP contribution >= 0.6 is 15.9 Å². The topological polar surface area (TPSA) is 100.0 Å². The maximum atomic E-state index is 13.1. The number of nitrogens with two attached hydrogens (primary N) is 1. The maximum Gasteiger partial charge on any atom is 0.276 e. The van der Waals surface area contributed by atoms with E-state index < -0.39 is 8.07 Å². The molecular weight excluding hydrogens is 512 g/mol. The smallest absolute Gasteiger partial charge is 0.276 e. The zero-order chi connectivity index (χ0) is 24.3. The summed E-state index contributed by atoms with van der Waals surface area (Å²) in [6.45, 7) is 8.49. The number of carbonyl (C=O) groups is 1. The van der Waals surface area contributed by atoms with Gasteiger partial charge in [-0.1, -0.05) is 47.7 Å². The van der Waals surface area contributed by atoms with Crippen molar-refractivity contribution < 1.29 is 9.53 Å². The monoisotopic (exact) mass is 540 g/mol. The van der Waals surface area contributed by atoms with E-state index in [9.17, 15) is 4.79 Å². The quantitative estimate of drug-likeness (QED) is 0.173. The Labute approximate surface area is 208 Å². The van der Waals surface area contributed by atoms with E-state index in [-0.39, 0.29) is 5.91 Å². The number of anilines is 2. The second-order valence-electron chi connectivity index (χ2n) is 9.48. The predicted octanol–water partition coefficient (Wildman–Crippen LogP) is 5.19. The number of nitrogens with zero attached hydrogens (tertiary/aromatic N) is 4. The number of rotatable bonds is 9. The molecule has 10 heteroatoms. The van der Waals surface area contributed by atoms with E-state index in [0.717, 1.165) is 27.0 Å². The highest BCUT2D eigenvalue weighted by molar-refractivity contribution is 9.10. The number of hydrogen-bond donors (Lipinski definition) is 2. The van der Waals surface area contributed by atoms with Crippen LogP contribution < -0.4 is 11.1 Å². The molecule has 0 aliphatic carbocycles. The lowest BCUT2D eigenvalue weighted by molar-refractivity contribution is 0.0809. The summed E-state index contributed by atoms with van der Waals surface area (Å²) in [7, 11) is -1.18. The third-order valence-electron chi connectivity index (χ3n) is 5.32. The maximum absolute atomic E-state index is 13.1. The van der Waals surface area contributed by atoms with Gasteiger partial charge in [0.25, 0.3) is 5.91 Å². The second-order valence-corrected chi connectivity index (χ2v) is 16.0. The number of amides is 1. The summed E-state index contributed by atoms with van der Waals surface area (Å²) >= 11 is 3.50. The van der Waals surface area contributed by atoms with E-state index in [0.29, 0.717) is 37.0 Å². The molecule has 0 saturated heterocycles. The molecule has 4 aromatic rings. The fourth-order valence-electron chi connectivity index (χ4n) is 3.53. The summed E-state index contributed by atoms with van der Waals surface area (Å²) in [6.07, 6.45) is 3.41. The number of hydrogen-bond acceptors (Lipinski definition) is 5. The molecule has 0 fully saturated rings. The molecule has 3 N–H and O–H groups in total. The Kier molecular flexibility index (Phi) is 7.20. The molecule has 0 saturated carbocycles. The molecule has 0 bridgehead atoms. The lowest BCUT2D eigenvalue weighted by Crippen LogP contribution is -2.22. The van der Waals surface area contributed by atoms with Crippen molar-refractivity contribution in [1.29, 1.82) is 0 Å². The number of ether oxygens (including phenoxy) is 1. The van der Waals surface area contributed by atoms with Crippen LogP contribution in [0.2, 0.25) is 25.7 Å². The van der Waals surface area contributed by atoms with Crippen molar-refractivity contribution >= 4 is 52.2 Å². The molecule has 2 aromatic heterocycles. The van der Waals surface area contributed by atoms with Gasteiger partial charge in [-0.3, -0.25) is 9.48 Å². The van der Waals surface area contributed by atoms with Crippen molar-refractivity contribution in [3.63, 3.8) is 0 Å². The third kappa shape index (κ3) is 6.13. The normalized spacial score (nSPS) is 11.8. The van der Waals surface area contributed by atoms with E-state index >= 15 is 0 Å². The summed E-state index contributed by atoms with van der Waals surface area (Å²) in [4.78, 5) is 13.1. The molecular formula is C24H29BrN6O2Si. The van der Waals surface area contributed by atoms with Crippen molar-refractivity contribution in [2.45, 2.75) is 39.0 Å². The molecule has 0 spiro atoms. The Hall–Kier alpha value is -2.95. The largest absolute Gasteiger partial charge is 0.399 e. The molecule has 1 amide bonds. The minimum Gasteiger partial charge on any atom is -0.399 e. The molecule has 8 nitrogen and oxygen atoms in total. The van der Waals surface area contributed by atoms with Crippen molar-refractivity contribution in [2.75, 3.05) is 17.7 Å². The SMILES string of the molecule is C[Si](C)(C)CCOCn1nc(C(=O)Nc2cnn(Cc3cccc(N)c3)c2)c2cc(Br)ccc21. The highest BCUT2D eigenvalue weighted by atomic mass is 79.9. The van der Waals surface area contributed by atoms with Gasteiger partial charge < -0.3 is 15.8 Å². The van der Waals surface area contributed by atoms with E-state index in [2.05, 4.69) is 51.1 Å². The standard InChI is InChI=1S/C24H29BrN6O2Si/c1-34(2,3)10-9-33-16-31-22-8-7-18(25)12-21(22)23(29-31)24(32)28-20-13-27-30(15-20)14-17-5-4-6-19(26)11-17/h4-8,11-13,15H,9-10,14,16,26H2,1-3H3,(H,28,32). The lowest BCUT2D eigenvalue weighted by Gasteiger charge is -2.15. The summed E-state index contributed by atoms with van der Waals surface area (Å²) in [5.41, 5.74) is 9.38. The fraction of sp³-hybridized carbons (Fsp3) is 0.292. The van der Waals surface area contributed by atoms with Crippen LogP contribution in [-0.2, 0) is 18.0 Å². The van der Waals surface area contributed by atoms with E-state index in [1.54, 1.807) is 21.8 Å². The second kappa shape index (κ2) is 10.1. The minimum atomic E-state index is -1.18.